The second-order valence-electron chi connectivity index (χ2n) is 11.4. The van der Waals surface area contributed by atoms with Crippen LogP contribution in [0.1, 0.15) is 77.5 Å². The number of ketones is 1. The van der Waals surface area contributed by atoms with Crippen LogP contribution in [0.25, 0.3) is 11.3 Å². The summed E-state index contributed by atoms with van der Waals surface area (Å²) in [6.45, 7) is 5.58. The lowest BCUT2D eigenvalue weighted by Crippen LogP contribution is -2.42. The van der Waals surface area contributed by atoms with Crippen LogP contribution in [-0.4, -0.2) is 48.7 Å². The van der Waals surface area contributed by atoms with Gasteiger partial charge in [-0.2, -0.15) is 0 Å². The summed E-state index contributed by atoms with van der Waals surface area (Å²) in [5.41, 5.74) is 13.4. The van der Waals surface area contributed by atoms with Crippen LogP contribution in [0, 0.1) is 17.6 Å². The van der Waals surface area contributed by atoms with Crippen LogP contribution in [0.4, 0.5) is 14.5 Å². The van der Waals surface area contributed by atoms with Crippen LogP contribution in [0.15, 0.2) is 55.1 Å². The third kappa shape index (κ3) is 6.14. The van der Waals surface area contributed by atoms with Crippen molar-refractivity contribution in [3.63, 3.8) is 0 Å². The Morgan fingerprint density at radius 3 is 2.60 bits per heavy atom. The monoisotopic (exact) mass is 588 g/mol. The van der Waals surface area contributed by atoms with Gasteiger partial charge in [0.05, 0.1) is 34.7 Å². The van der Waals surface area contributed by atoms with E-state index in [0.717, 1.165) is 24.1 Å². The van der Waals surface area contributed by atoms with Gasteiger partial charge in [0.2, 0.25) is 0 Å². The number of rotatable bonds is 8. The van der Waals surface area contributed by atoms with Crippen LogP contribution in [0.3, 0.4) is 0 Å². The van der Waals surface area contributed by atoms with E-state index in [1.54, 1.807) is 32.4 Å². The first-order valence-corrected chi connectivity index (χ1v) is 14.2. The molecular weight excluding hydrogens is 554 g/mol. The number of amides is 1. The van der Waals surface area contributed by atoms with Crippen molar-refractivity contribution in [2.24, 2.45) is 11.7 Å². The molecule has 224 valence electrons. The number of nitrogens with zero attached hydrogens (tertiary/aromatic N) is 5. The molecule has 43 heavy (non-hydrogen) atoms. The molecular formula is C31H34F2N8O2. The van der Waals surface area contributed by atoms with Crippen molar-refractivity contribution in [2.45, 2.75) is 64.1 Å². The highest BCUT2D eigenvalue weighted by Crippen LogP contribution is 2.42. The highest BCUT2D eigenvalue weighted by Gasteiger charge is 2.37. The summed E-state index contributed by atoms with van der Waals surface area (Å²) in [6.07, 6.45) is 8.20. The maximum atomic E-state index is 15.5. The molecule has 0 unspecified atom stereocenters. The van der Waals surface area contributed by atoms with Gasteiger partial charge in [0, 0.05) is 37.1 Å². The van der Waals surface area contributed by atoms with Crippen molar-refractivity contribution in [1.29, 1.82) is 0 Å². The number of carbonyl (C=O) groups is 2. The molecule has 10 nitrogen and oxygen atoms in total. The van der Waals surface area contributed by atoms with E-state index in [-0.39, 0.29) is 59.0 Å². The summed E-state index contributed by atoms with van der Waals surface area (Å²) in [5.74, 6) is -2.84. The number of nitrogen functional groups attached to an aromatic ring is 1. The normalized spacial score (nSPS) is 20.3. The third-order valence-corrected chi connectivity index (χ3v) is 7.92. The lowest BCUT2D eigenvalue weighted by molar-refractivity contribution is 0.0937. The molecule has 1 aliphatic rings. The number of hydrogen-bond donors (Lipinski definition) is 3. The fourth-order valence-electron chi connectivity index (χ4n) is 6.04. The number of nitrogens with one attached hydrogen (secondary N) is 1. The molecule has 1 aliphatic carbocycles. The molecule has 0 radical (unpaired) electrons. The van der Waals surface area contributed by atoms with Crippen molar-refractivity contribution in [3.8, 4) is 11.3 Å². The number of Topliss-reactive ketones (excluding diaryl/α,β-unsaturated/α-hetero) is 1. The van der Waals surface area contributed by atoms with Gasteiger partial charge in [-0.15, -0.1) is 5.10 Å². The number of aromatic nitrogens is 5. The van der Waals surface area contributed by atoms with E-state index in [2.05, 4.69) is 32.5 Å². The highest BCUT2D eigenvalue weighted by atomic mass is 19.1. The largest absolute Gasteiger partial charge is 0.397 e. The Labute approximate surface area is 247 Å². The summed E-state index contributed by atoms with van der Waals surface area (Å²) in [4.78, 5) is 34.6. The van der Waals surface area contributed by atoms with Gasteiger partial charge in [-0.05, 0) is 80.0 Å². The molecule has 1 saturated carbocycles. The topological polar surface area (TPSA) is 155 Å². The van der Waals surface area contributed by atoms with Gasteiger partial charge in [-0.1, -0.05) is 12.1 Å². The number of pyridine rings is 2. The molecule has 1 fully saturated rings. The SMILES string of the molecule is CC(C)NC(=O)c1ccc(F)c(-c2ccc(N)c(C(=O)Cc3cnccc3[C@H]3C[C@@H](N)[C@@H](n4ccnn4)[C@@H](C)C3)n2)c1F. The maximum Gasteiger partial charge on any atom is 0.254 e. The fourth-order valence-corrected chi connectivity index (χ4v) is 6.04. The van der Waals surface area contributed by atoms with Crippen molar-refractivity contribution in [3.05, 3.63) is 89.1 Å². The van der Waals surface area contributed by atoms with Crippen LogP contribution < -0.4 is 16.8 Å². The quantitative estimate of drug-likeness (QED) is 0.258. The van der Waals surface area contributed by atoms with E-state index in [1.165, 1.54) is 12.1 Å². The van der Waals surface area contributed by atoms with Crippen LogP contribution in [0.5, 0.6) is 0 Å². The molecule has 1 aromatic carbocycles. The van der Waals surface area contributed by atoms with Crippen molar-refractivity contribution in [1.82, 2.24) is 30.3 Å². The predicted molar refractivity (Wildman–Crippen MR) is 157 cm³/mol. The zero-order valence-electron chi connectivity index (χ0n) is 24.2. The number of anilines is 1. The van der Waals surface area contributed by atoms with E-state index in [1.807, 2.05) is 16.9 Å². The summed E-state index contributed by atoms with van der Waals surface area (Å²) in [7, 11) is 0. The minimum absolute atomic E-state index is 0.00755. The molecule has 4 atom stereocenters. The van der Waals surface area contributed by atoms with Gasteiger partial charge in [0.1, 0.15) is 17.3 Å². The van der Waals surface area contributed by atoms with E-state index in [4.69, 9.17) is 11.5 Å². The summed E-state index contributed by atoms with van der Waals surface area (Å²) in [5, 5.41) is 10.7. The second kappa shape index (κ2) is 12.3. The summed E-state index contributed by atoms with van der Waals surface area (Å²) in [6, 6.07) is 6.25. The maximum absolute atomic E-state index is 15.5. The van der Waals surface area contributed by atoms with E-state index < -0.39 is 28.9 Å². The molecule has 1 amide bonds. The number of hydrogen-bond acceptors (Lipinski definition) is 8. The molecule has 5 rings (SSSR count). The molecule has 3 heterocycles. The highest BCUT2D eigenvalue weighted by molar-refractivity contribution is 6.01. The van der Waals surface area contributed by atoms with Crippen LogP contribution >= 0.6 is 0 Å². The first kappa shape index (κ1) is 29.9. The smallest absolute Gasteiger partial charge is 0.254 e. The van der Waals surface area contributed by atoms with Crippen LogP contribution in [0.2, 0.25) is 0 Å². The number of nitrogens with two attached hydrogens (primary N) is 2. The minimum atomic E-state index is -1.07. The second-order valence-corrected chi connectivity index (χ2v) is 11.4. The first-order valence-electron chi connectivity index (χ1n) is 14.2. The van der Waals surface area contributed by atoms with Crippen LogP contribution in [-0.2, 0) is 6.42 Å². The average Bonchev–Trinajstić information content (AvgIpc) is 3.47. The van der Waals surface area contributed by atoms with Crippen molar-refractivity contribution >= 4 is 17.4 Å². The van der Waals surface area contributed by atoms with Gasteiger partial charge in [-0.3, -0.25) is 14.6 Å². The predicted octanol–water partition coefficient (Wildman–Crippen LogP) is 4.24. The van der Waals surface area contributed by atoms with Gasteiger partial charge in [0.15, 0.2) is 5.78 Å². The number of benzene rings is 1. The van der Waals surface area contributed by atoms with Gasteiger partial charge >= 0.3 is 0 Å². The van der Waals surface area contributed by atoms with Crippen molar-refractivity contribution in [2.75, 3.05) is 5.73 Å². The molecule has 0 bridgehead atoms. The Hall–Kier alpha value is -4.58. The Morgan fingerprint density at radius 1 is 1.12 bits per heavy atom. The molecule has 0 spiro atoms. The van der Waals surface area contributed by atoms with Gasteiger partial charge in [0.25, 0.3) is 5.91 Å². The molecule has 5 N–H and O–H groups in total. The third-order valence-electron chi connectivity index (χ3n) is 7.92. The zero-order chi connectivity index (χ0) is 30.8. The number of halogens is 2. The van der Waals surface area contributed by atoms with E-state index in [9.17, 15) is 14.0 Å². The Balaban J connectivity index is 1.42. The number of carbonyl (C=O) groups excluding carboxylic acids is 2. The lowest BCUT2D eigenvalue weighted by atomic mass is 9.72. The Morgan fingerprint density at radius 2 is 1.91 bits per heavy atom. The lowest BCUT2D eigenvalue weighted by Gasteiger charge is -2.39. The molecule has 0 aliphatic heterocycles. The standard InChI is InChI=1S/C31H34F2N8O2/c1-16(2)38-31(43)21-4-5-22(32)27(28(21)33)25-7-6-23(34)29(39-25)26(42)14-19-15-36-9-8-20(19)18-12-17(3)30(24(35)13-18)41-11-10-37-40-41/h4-11,15-18,24,30H,12-14,34-35H2,1-3H3,(H,38,43)/t17-,18+,24+,30-/m0/s1. The molecule has 4 aromatic rings. The average molecular weight is 589 g/mol. The van der Waals surface area contributed by atoms with Gasteiger partial charge in [-0.25, -0.2) is 18.4 Å². The molecule has 0 saturated heterocycles. The Kier molecular flexibility index (Phi) is 8.58. The first-order chi connectivity index (χ1) is 20.5. The molecule has 12 heteroatoms. The van der Waals surface area contributed by atoms with E-state index >= 15 is 4.39 Å². The summed E-state index contributed by atoms with van der Waals surface area (Å²) < 4.78 is 32.2. The van der Waals surface area contributed by atoms with E-state index in [0.29, 0.717) is 12.0 Å². The minimum Gasteiger partial charge on any atom is -0.397 e. The molecule has 3 aromatic heterocycles. The Bertz CT molecular complexity index is 1630. The summed E-state index contributed by atoms with van der Waals surface area (Å²) >= 11 is 0. The zero-order valence-corrected chi connectivity index (χ0v) is 24.2. The van der Waals surface area contributed by atoms with Gasteiger partial charge < -0.3 is 16.8 Å². The van der Waals surface area contributed by atoms with Crippen molar-refractivity contribution < 1.29 is 18.4 Å². The fraction of sp³-hybridized carbons (Fsp3) is 0.355.